The van der Waals surface area contributed by atoms with Crippen LogP contribution in [0.1, 0.15) is 17.3 Å². The van der Waals surface area contributed by atoms with Gasteiger partial charge in [-0.1, -0.05) is 11.3 Å². The number of amides is 1. The Kier molecular flexibility index (Phi) is 4.50. The molecule has 0 aliphatic rings. The van der Waals surface area contributed by atoms with Gasteiger partial charge in [0.05, 0.1) is 23.9 Å². The van der Waals surface area contributed by atoms with Gasteiger partial charge in [-0.3, -0.25) is 14.0 Å². The Morgan fingerprint density at radius 3 is 2.92 bits per heavy atom. The Morgan fingerprint density at radius 1 is 1.46 bits per heavy atom. The van der Waals surface area contributed by atoms with Gasteiger partial charge in [0.15, 0.2) is 4.96 Å². The maximum atomic E-state index is 12.8. The number of nitrogens with zero attached hydrogens (tertiary/aromatic N) is 3. The molecule has 3 aromatic rings. The molecule has 126 valence electrons. The first kappa shape index (κ1) is 16.4. The van der Waals surface area contributed by atoms with Gasteiger partial charge in [-0.05, 0) is 25.1 Å². The molecule has 8 heteroatoms. The Morgan fingerprint density at radius 2 is 2.25 bits per heavy atom. The van der Waals surface area contributed by atoms with E-state index in [-0.39, 0.29) is 18.7 Å². The number of benzene rings is 1. The van der Waals surface area contributed by atoms with Gasteiger partial charge in [-0.2, -0.15) is 0 Å². The number of aliphatic hydroxyl groups excluding tert-OH is 1. The fraction of sp³-hybridized carbons (Fsp3) is 0.312. The van der Waals surface area contributed by atoms with Crippen molar-refractivity contribution in [3.05, 3.63) is 40.3 Å². The van der Waals surface area contributed by atoms with E-state index < -0.39 is 11.5 Å². The lowest BCUT2D eigenvalue weighted by molar-refractivity contribution is 0.0729. The lowest BCUT2D eigenvalue weighted by Crippen LogP contribution is -2.37. The van der Waals surface area contributed by atoms with Crippen molar-refractivity contribution in [1.29, 1.82) is 0 Å². The molecule has 0 aliphatic heterocycles. The second-order valence-corrected chi connectivity index (χ2v) is 6.15. The zero-order valence-corrected chi connectivity index (χ0v) is 14.2. The highest BCUT2D eigenvalue weighted by Gasteiger charge is 2.20. The quantitative estimate of drug-likeness (QED) is 0.754. The normalized spacial score (nSPS) is 11.1. The third-order valence-electron chi connectivity index (χ3n) is 3.81. The number of hydrogen-bond donors (Lipinski definition) is 1. The molecule has 2 heterocycles. The van der Waals surface area contributed by atoms with E-state index in [1.165, 1.54) is 26.8 Å². The Bertz CT molecular complexity index is 963. The van der Waals surface area contributed by atoms with Gasteiger partial charge in [0.2, 0.25) is 0 Å². The van der Waals surface area contributed by atoms with Crippen LogP contribution in [0.3, 0.4) is 0 Å². The fourth-order valence-corrected chi connectivity index (χ4v) is 3.57. The average Bonchev–Trinajstić information content (AvgIpc) is 2.97. The van der Waals surface area contributed by atoms with Crippen molar-refractivity contribution in [2.75, 3.05) is 26.8 Å². The van der Waals surface area contributed by atoms with Crippen LogP contribution in [-0.4, -0.2) is 52.1 Å². The van der Waals surface area contributed by atoms with Crippen molar-refractivity contribution in [2.45, 2.75) is 6.92 Å². The summed E-state index contributed by atoms with van der Waals surface area (Å²) in [7, 11) is 1.58. The van der Waals surface area contributed by atoms with Crippen LogP contribution in [-0.2, 0) is 0 Å². The number of rotatable bonds is 5. The van der Waals surface area contributed by atoms with Gasteiger partial charge in [0, 0.05) is 19.3 Å². The maximum absolute atomic E-state index is 12.8. The number of carbonyl (C=O) groups is 1. The average molecular weight is 347 g/mol. The zero-order chi connectivity index (χ0) is 17.3. The van der Waals surface area contributed by atoms with Crippen LogP contribution >= 0.6 is 11.3 Å². The van der Waals surface area contributed by atoms with E-state index in [9.17, 15) is 9.59 Å². The van der Waals surface area contributed by atoms with Crippen LogP contribution in [0.4, 0.5) is 0 Å². The molecule has 1 amide bonds. The van der Waals surface area contributed by atoms with E-state index in [1.807, 2.05) is 6.07 Å². The third kappa shape index (κ3) is 2.63. The molecule has 0 unspecified atom stereocenters. The van der Waals surface area contributed by atoms with Gasteiger partial charge in [0.1, 0.15) is 11.3 Å². The van der Waals surface area contributed by atoms with E-state index in [1.54, 1.807) is 26.2 Å². The number of likely N-dealkylation sites (N-methyl/N-ethyl adjacent to an activating group) is 1. The van der Waals surface area contributed by atoms with Crippen molar-refractivity contribution in [3.8, 4) is 5.75 Å². The topological polar surface area (TPSA) is 84.1 Å². The molecule has 0 fully saturated rings. The molecule has 24 heavy (non-hydrogen) atoms. The molecule has 0 spiro atoms. The molecule has 0 saturated heterocycles. The highest BCUT2D eigenvalue weighted by atomic mass is 32.1. The summed E-state index contributed by atoms with van der Waals surface area (Å²) in [5, 5.41) is 9.06. The number of fused-ring (bicyclic) bond motifs is 3. The SMILES string of the molecule is CCN(CCO)C(=O)c1cnc2sc3cc(OC)ccc3n2c1=O. The summed E-state index contributed by atoms with van der Waals surface area (Å²) >= 11 is 1.36. The first-order valence-electron chi connectivity index (χ1n) is 7.49. The largest absolute Gasteiger partial charge is 0.497 e. The monoisotopic (exact) mass is 347 g/mol. The van der Waals surface area contributed by atoms with Gasteiger partial charge in [-0.15, -0.1) is 0 Å². The fourth-order valence-electron chi connectivity index (χ4n) is 2.55. The van der Waals surface area contributed by atoms with Crippen molar-refractivity contribution in [3.63, 3.8) is 0 Å². The minimum absolute atomic E-state index is 0.00156. The van der Waals surface area contributed by atoms with Crippen LogP contribution < -0.4 is 10.3 Å². The lowest BCUT2D eigenvalue weighted by atomic mass is 10.2. The Hall–Kier alpha value is -2.45. The highest BCUT2D eigenvalue weighted by molar-refractivity contribution is 7.23. The van der Waals surface area contributed by atoms with Crippen LogP contribution in [0.5, 0.6) is 5.75 Å². The second kappa shape index (κ2) is 6.58. The molecule has 0 bridgehead atoms. The molecular formula is C16H17N3O4S. The second-order valence-electron chi connectivity index (χ2n) is 5.14. The molecular weight excluding hydrogens is 330 g/mol. The first-order valence-corrected chi connectivity index (χ1v) is 8.30. The summed E-state index contributed by atoms with van der Waals surface area (Å²) in [4.78, 5) is 31.5. The molecule has 0 aliphatic carbocycles. The molecule has 0 atom stereocenters. The summed E-state index contributed by atoms with van der Waals surface area (Å²) in [6.07, 6.45) is 1.31. The minimum Gasteiger partial charge on any atom is -0.497 e. The van der Waals surface area contributed by atoms with Crippen LogP contribution in [0.25, 0.3) is 15.2 Å². The molecule has 1 aromatic carbocycles. The first-order chi connectivity index (χ1) is 11.6. The van der Waals surface area contributed by atoms with Crippen LogP contribution in [0.15, 0.2) is 29.2 Å². The van der Waals surface area contributed by atoms with Gasteiger partial charge < -0.3 is 14.7 Å². The number of thiazole rings is 1. The smallest absolute Gasteiger partial charge is 0.271 e. The van der Waals surface area contributed by atoms with Crippen molar-refractivity contribution >= 4 is 32.4 Å². The number of carbonyl (C=O) groups excluding carboxylic acids is 1. The van der Waals surface area contributed by atoms with E-state index in [4.69, 9.17) is 9.84 Å². The molecule has 0 radical (unpaired) electrons. The van der Waals surface area contributed by atoms with E-state index >= 15 is 0 Å². The Balaban J connectivity index is 2.18. The number of aromatic nitrogens is 2. The van der Waals surface area contributed by atoms with Crippen molar-refractivity contribution in [1.82, 2.24) is 14.3 Å². The molecule has 3 rings (SSSR count). The zero-order valence-electron chi connectivity index (χ0n) is 13.4. The summed E-state index contributed by atoms with van der Waals surface area (Å²) < 4.78 is 7.49. The predicted molar refractivity (Wildman–Crippen MR) is 92.1 cm³/mol. The van der Waals surface area contributed by atoms with Crippen molar-refractivity contribution in [2.24, 2.45) is 0 Å². The van der Waals surface area contributed by atoms with Crippen molar-refractivity contribution < 1.29 is 14.6 Å². The van der Waals surface area contributed by atoms with Gasteiger partial charge >= 0.3 is 0 Å². The Labute approximate surface area is 141 Å². The lowest BCUT2D eigenvalue weighted by Gasteiger charge is -2.18. The number of aliphatic hydroxyl groups is 1. The summed E-state index contributed by atoms with van der Waals surface area (Å²) in [5.41, 5.74) is 0.282. The predicted octanol–water partition coefficient (Wildman–Crippen LogP) is 1.37. The van der Waals surface area contributed by atoms with Gasteiger partial charge in [0.25, 0.3) is 11.5 Å². The highest BCUT2D eigenvalue weighted by Crippen LogP contribution is 2.27. The molecule has 0 saturated carbocycles. The minimum atomic E-state index is -0.425. The molecule has 1 N–H and O–H groups in total. The van der Waals surface area contributed by atoms with E-state index in [2.05, 4.69) is 4.98 Å². The summed E-state index contributed by atoms with van der Waals surface area (Å²) in [6.45, 7) is 2.23. The molecule has 2 aromatic heterocycles. The van der Waals surface area contributed by atoms with E-state index in [0.717, 1.165) is 4.70 Å². The molecule has 7 nitrogen and oxygen atoms in total. The van der Waals surface area contributed by atoms with Gasteiger partial charge in [-0.25, -0.2) is 4.98 Å². The number of hydrogen-bond acceptors (Lipinski definition) is 6. The standard InChI is InChI=1S/C16H17N3O4S/c1-3-18(6-7-20)14(21)11-9-17-16-19(15(11)22)12-5-4-10(23-2)8-13(12)24-16/h4-5,8-9,20H,3,6-7H2,1-2H3. The van der Waals surface area contributed by atoms with E-state index in [0.29, 0.717) is 22.8 Å². The summed E-state index contributed by atoms with van der Waals surface area (Å²) in [6, 6.07) is 5.37. The maximum Gasteiger partial charge on any atom is 0.271 e. The summed E-state index contributed by atoms with van der Waals surface area (Å²) in [5.74, 6) is 0.268. The number of methoxy groups -OCH3 is 1. The third-order valence-corrected chi connectivity index (χ3v) is 4.82. The van der Waals surface area contributed by atoms with Crippen LogP contribution in [0, 0.1) is 0 Å². The van der Waals surface area contributed by atoms with Crippen LogP contribution in [0.2, 0.25) is 0 Å². The number of ether oxygens (including phenoxy) is 1.